The third-order valence-corrected chi connectivity index (χ3v) is 4.87. The van der Waals surface area contributed by atoms with Crippen molar-refractivity contribution in [3.05, 3.63) is 56.3 Å². The Morgan fingerprint density at radius 2 is 2.00 bits per heavy atom. The number of aromatic nitrogens is 2. The van der Waals surface area contributed by atoms with Gasteiger partial charge in [0.15, 0.2) is 0 Å². The molecule has 0 atom stereocenters. The van der Waals surface area contributed by atoms with E-state index in [-0.39, 0.29) is 17.3 Å². The minimum Gasteiger partial charge on any atom is -0.364 e. The molecule has 1 aliphatic rings. The van der Waals surface area contributed by atoms with Crippen molar-refractivity contribution in [2.75, 3.05) is 17.2 Å². The summed E-state index contributed by atoms with van der Waals surface area (Å²) < 4.78 is 0. The molecule has 27 heavy (non-hydrogen) atoms. The van der Waals surface area contributed by atoms with Crippen LogP contribution in [0.2, 0.25) is 10.0 Å². The molecule has 2 aromatic rings. The molecule has 9 heteroatoms. The second-order valence-electron chi connectivity index (χ2n) is 6.21. The molecule has 0 saturated heterocycles. The highest BCUT2D eigenvalue weighted by Crippen LogP contribution is 2.34. The van der Waals surface area contributed by atoms with Crippen molar-refractivity contribution in [3.8, 4) is 0 Å². The van der Waals surface area contributed by atoms with E-state index in [2.05, 4.69) is 26.7 Å². The minimum atomic E-state index is -0.511. The van der Waals surface area contributed by atoms with E-state index < -0.39 is 4.92 Å². The highest BCUT2D eigenvalue weighted by molar-refractivity contribution is 6.35. The van der Waals surface area contributed by atoms with Crippen molar-refractivity contribution in [1.29, 1.82) is 0 Å². The standard InChI is InChI=1S/C18H19Cl2N5O2/c19-13-6-7-14(20)15(10-13)24-18-16(25(26)27)17(22-11-23-18)21-9-8-12-4-2-1-3-5-12/h4,6-7,10-11H,1-3,5,8-9H2,(H2,21,22,23,24). The average molecular weight is 408 g/mol. The minimum absolute atomic E-state index is 0.0542. The van der Waals surface area contributed by atoms with Crippen LogP contribution in [0.5, 0.6) is 0 Å². The van der Waals surface area contributed by atoms with E-state index in [1.54, 1.807) is 18.2 Å². The summed E-state index contributed by atoms with van der Waals surface area (Å²) in [7, 11) is 0. The number of hydrogen-bond acceptors (Lipinski definition) is 6. The summed E-state index contributed by atoms with van der Waals surface area (Å²) >= 11 is 12.1. The molecule has 3 rings (SSSR count). The molecule has 0 bridgehead atoms. The van der Waals surface area contributed by atoms with Gasteiger partial charge in [0.25, 0.3) is 0 Å². The van der Waals surface area contributed by atoms with Crippen LogP contribution < -0.4 is 10.6 Å². The lowest BCUT2D eigenvalue weighted by molar-refractivity contribution is -0.383. The van der Waals surface area contributed by atoms with Crippen molar-refractivity contribution < 1.29 is 4.92 Å². The molecule has 0 spiro atoms. The summed E-state index contributed by atoms with van der Waals surface area (Å²) in [5.41, 5.74) is 1.59. The van der Waals surface area contributed by atoms with Gasteiger partial charge in [0.2, 0.25) is 11.6 Å². The van der Waals surface area contributed by atoms with Crippen LogP contribution in [0.4, 0.5) is 23.0 Å². The zero-order chi connectivity index (χ0) is 19.2. The second-order valence-corrected chi connectivity index (χ2v) is 7.05. The van der Waals surface area contributed by atoms with Crippen molar-refractivity contribution in [3.63, 3.8) is 0 Å². The summed E-state index contributed by atoms with van der Waals surface area (Å²) in [5.74, 6) is 0.227. The first-order valence-corrected chi connectivity index (χ1v) is 9.43. The van der Waals surface area contributed by atoms with Crippen molar-refractivity contribution in [1.82, 2.24) is 9.97 Å². The Hall–Kier alpha value is -2.38. The first-order chi connectivity index (χ1) is 13.0. The maximum atomic E-state index is 11.6. The summed E-state index contributed by atoms with van der Waals surface area (Å²) in [6, 6.07) is 4.82. The quantitative estimate of drug-likeness (QED) is 0.345. The van der Waals surface area contributed by atoms with E-state index in [9.17, 15) is 10.1 Å². The summed E-state index contributed by atoms with van der Waals surface area (Å²) in [5, 5.41) is 18.4. The molecular weight excluding hydrogens is 389 g/mol. The molecule has 0 fully saturated rings. The first-order valence-electron chi connectivity index (χ1n) is 8.68. The highest BCUT2D eigenvalue weighted by Gasteiger charge is 2.23. The van der Waals surface area contributed by atoms with Gasteiger partial charge < -0.3 is 10.6 Å². The Bertz CT molecular complexity index is 873. The number of nitro groups is 1. The van der Waals surface area contributed by atoms with Gasteiger partial charge >= 0.3 is 5.69 Å². The van der Waals surface area contributed by atoms with Crippen LogP contribution in [0.25, 0.3) is 0 Å². The Kier molecular flexibility index (Phi) is 6.47. The van der Waals surface area contributed by atoms with Crippen molar-refractivity contribution >= 4 is 46.2 Å². The fourth-order valence-corrected chi connectivity index (χ4v) is 3.30. The molecule has 1 aliphatic carbocycles. The molecule has 142 valence electrons. The molecule has 7 nitrogen and oxygen atoms in total. The van der Waals surface area contributed by atoms with Crippen LogP contribution in [0.3, 0.4) is 0 Å². The normalized spacial score (nSPS) is 13.8. The topological polar surface area (TPSA) is 93.0 Å². The van der Waals surface area contributed by atoms with Crippen LogP contribution in [-0.2, 0) is 0 Å². The molecule has 0 amide bonds. The predicted octanol–water partition coefficient (Wildman–Crippen LogP) is 5.74. The van der Waals surface area contributed by atoms with Gasteiger partial charge in [-0.2, -0.15) is 0 Å². The van der Waals surface area contributed by atoms with Crippen molar-refractivity contribution in [2.24, 2.45) is 0 Å². The van der Waals surface area contributed by atoms with Gasteiger partial charge in [0.05, 0.1) is 15.6 Å². The molecule has 1 aromatic heterocycles. The van der Waals surface area contributed by atoms with Gasteiger partial charge in [-0.3, -0.25) is 10.1 Å². The number of hydrogen-bond donors (Lipinski definition) is 2. The van der Waals surface area contributed by atoms with Gasteiger partial charge in [-0.05, 0) is 50.3 Å². The largest absolute Gasteiger partial charge is 0.364 e. The lowest BCUT2D eigenvalue weighted by Gasteiger charge is -2.14. The third kappa shape index (κ3) is 5.08. The van der Waals surface area contributed by atoms with Gasteiger partial charge in [0, 0.05) is 11.6 Å². The van der Waals surface area contributed by atoms with Crippen LogP contribution in [-0.4, -0.2) is 21.4 Å². The number of nitrogens with one attached hydrogen (secondary N) is 2. The van der Waals surface area contributed by atoms with Crippen LogP contribution in [0, 0.1) is 10.1 Å². The Balaban J connectivity index is 1.78. The fraction of sp³-hybridized carbons (Fsp3) is 0.333. The number of benzene rings is 1. The molecule has 0 saturated carbocycles. The van der Waals surface area contributed by atoms with Gasteiger partial charge in [-0.25, -0.2) is 9.97 Å². The lowest BCUT2D eigenvalue weighted by atomic mass is 9.97. The van der Waals surface area contributed by atoms with Crippen LogP contribution in [0.1, 0.15) is 32.1 Å². The lowest BCUT2D eigenvalue weighted by Crippen LogP contribution is -2.10. The Morgan fingerprint density at radius 1 is 1.19 bits per heavy atom. The second kappa shape index (κ2) is 9.01. The molecule has 1 aromatic carbocycles. The Morgan fingerprint density at radius 3 is 2.74 bits per heavy atom. The number of anilines is 3. The maximum absolute atomic E-state index is 11.6. The molecule has 0 aliphatic heterocycles. The zero-order valence-electron chi connectivity index (χ0n) is 14.5. The number of rotatable bonds is 7. The number of nitrogens with zero attached hydrogens (tertiary/aromatic N) is 3. The molecule has 2 N–H and O–H groups in total. The van der Waals surface area contributed by atoms with Crippen LogP contribution >= 0.6 is 23.2 Å². The van der Waals surface area contributed by atoms with E-state index in [0.29, 0.717) is 22.3 Å². The van der Waals surface area contributed by atoms with E-state index in [4.69, 9.17) is 23.2 Å². The predicted molar refractivity (Wildman–Crippen MR) is 108 cm³/mol. The fourth-order valence-electron chi connectivity index (χ4n) is 2.97. The number of halogens is 2. The molecule has 1 heterocycles. The number of allylic oxidation sites excluding steroid dienone is 1. The third-order valence-electron chi connectivity index (χ3n) is 4.31. The van der Waals surface area contributed by atoms with E-state index >= 15 is 0 Å². The van der Waals surface area contributed by atoms with Gasteiger partial charge in [-0.15, -0.1) is 0 Å². The summed E-state index contributed by atoms with van der Waals surface area (Å²) in [4.78, 5) is 19.2. The van der Waals surface area contributed by atoms with Crippen LogP contribution in [0.15, 0.2) is 36.2 Å². The van der Waals surface area contributed by atoms with E-state index in [0.717, 1.165) is 19.3 Å². The van der Waals surface area contributed by atoms with Gasteiger partial charge in [-0.1, -0.05) is 34.9 Å². The smallest absolute Gasteiger partial charge is 0.353 e. The highest BCUT2D eigenvalue weighted by atomic mass is 35.5. The summed E-state index contributed by atoms with van der Waals surface area (Å²) in [6.45, 7) is 0.570. The SMILES string of the molecule is O=[N+]([O-])c1c(NCCC2=CCCCC2)ncnc1Nc1cc(Cl)ccc1Cl. The molecular formula is C18H19Cl2N5O2. The van der Waals surface area contributed by atoms with E-state index in [1.165, 1.54) is 24.7 Å². The monoisotopic (exact) mass is 407 g/mol. The summed E-state index contributed by atoms with van der Waals surface area (Å²) in [6.07, 6.45) is 9.00. The maximum Gasteiger partial charge on any atom is 0.353 e. The first kappa shape index (κ1) is 19.4. The van der Waals surface area contributed by atoms with Gasteiger partial charge in [0.1, 0.15) is 6.33 Å². The van der Waals surface area contributed by atoms with E-state index in [1.807, 2.05) is 0 Å². The Labute approximate surface area is 167 Å². The zero-order valence-corrected chi connectivity index (χ0v) is 16.1. The molecule has 0 radical (unpaired) electrons. The van der Waals surface area contributed by atoms with Crippen molar-refractivity contribution in [2.45, 2.75) is 32.1 Å². The molecule has 0 unspecified atom stereocenters. The average Bonchev–Trinajstić information content (AvgIpc) is 2.65.